The highest BCUT2D eigenvalue weighted by atomic mass is 16.5. The molecule has 0 amide bonds. The second-order valence-electron chi connectivity index (χ2n) is 3.96. The van der Waals surface area contributed by atoms with Gasteiger partial charge in [0.05, 0.1) is 0 Å². The molecule has 2 nitrogen and oxygen atoms in total. The molecule has 82 valence electrons. The van der Waals surface area contributed by atoms with Gasteiger partial charge in [0.15, 0.2) is 0 Å². The Hall–Kier alpha value is -0.985. The summed E-state index contributed by atoms with van der Waals surface area (Å²) in [6, 6.07) is 0. The lowest BCUT2D eigenvalue weighted by molar-refractivity contribution is -0.132. The van der Waals surface area contributed by atoms with Crippen LogP contribution in [0.1, 0.15) is 46.0 Å². The van der Waals surface area contributed by atoms with Crippen LogP contribution >= 0.6 is 0 Å². The van der Waals surface area contributed by atoms with Crippen LogP contribution in [-0.4, -0.2) is 13.8 Å². The Labute approximate surface area is 92.8 Å². The fourth-order valence-corrected chi connectivity index (χ4v) is 1.82. The van der Waals surface area contributed by atoms with Gasteiger partial charge in [-0.25, -0.2) is 4.79 Å². The molecule has 0 radical (unpaired) electrons. The quantitative estimate of drug-likeness (QED) is 0.392. The van der Waals surface area contributed by atoms with Gasteiger partial charge in [-0.1, -0.05) is 26.2 Å². The number of esters is 1. The fraction of sp³-hybridized carbons (Fsp3) is 0.583. The molecule has 0 bridgehead atoms. The molecule has 0 N–H and O–H groups in total. The number of carbonyl (C=O) groups excluding carboxylic acids is 1. The zero-order chi connectivity index (χ0) is 11.3. The molecule has 15 heavy (non-hydrogen) atoms. The minimum absolute atomic E-state index is 0.173. The molecule has 3 heteroatoms. The summed E-state index contributed by atoms with van der Waals surface area (Å²) in [4.78, 5) is 11.3. The molecule has 1 aliphatic rings. The number of hydrogen-bond donors (Lipinski definition) is 0. The van der Waals surface area contributed by atoms with Gasteiger partial charge in [-0.05, 0) is 31.4 Å². The van der Waals surface area contributed by atoms with Gasteiger partial charge < -0.3 is 4.74 Å². The van der Waals surface area contributed by atoms with Crippen LogP contribution in [0.2, 0.25) is 0 Å². The highest BCUT2D eigenvalue weighted by Gasteiger charge is 2.24. The Bertz CT molecular complexity index is 303. The Morgan fingerprint density at radius 3 is 2.67 bits per heavy atom. The first kappa shape index (κ1) is 12.1. The molecular formula is C12H19BO2. The molecule has 0 saturated carbocycles. The Morgan fingerprint density at radius 2 is 2.07 bits per heavy atom. The van der Waals surface area contributed by atoms with Crippen molar-refractivity contribution < 1.29 is 9.53 Å². The van der Waals surface area contributed by atoms with Gasteiger partial charge >= 0.3 is 5.97 Å². The maximum Gasteiger partial charge on any atom is 0.330 e. The van der Waals surface area contributed by atoms with Gasteiger partial charge in [0.25, 0.3) is 0 Å². The van der Waals surface area contributed by atoms with Gasteiger partial charge in [-0.2, -0.15) is 0 Å². The van der Waals surface area contributed by atoms with Crippen LogP contribution < -0.4 is 0 Å². The molecule has 0 aromatic rings. The SMILES string of the molecule is BC1=C(CCCCCC)/C(=C/C)OC1=O. The van der Waals surface area contributed by atoms with Crippen molar-refractivity contribution in [1.82, 2.24) is 0 Å². The van der Waals surface area contributed by atoms with Gasteiger partial charge in [-0.15, -0.1) is 0 Å². The van der Waals surface area contributed by atoms with E-state index < -0.39 is 0 Å². The summed E-state index contributed by atoms with van der Waals surface area (Å²) in [5.74, 6) is 0.600. The van der Waals surface area contributed by atoms with Crippen molar-refractivity contribution >= 4 is 13.8 Å². The van der Waals surface area contributed by atoms with E-state index in [0.717, 1.165) is 29.6 Å². The van der Waals surface area contributed by atoms with Crippen molar-refractivity contribution in [3.63, 3.8) is 0 Å². The largest absolute Gasteiger partial charge is 0.424 e. The number of allylic oxidation sites excluding steroid dienone is 2. The fourth-order valence-electron chi connectivity index (χ4n) is 1.82. The highest BCUT2D eigenvalue weighted by Crippen LogP contribution is 2.28. The Balaban J connectivity index is 2.54. The highest BCUT2D eigenvalue weighted by molar-refractivity contribution is 6.37. The van der Waals surface area contributed by atoms with Crippen molar-refractivity contribution in [2.45, 2.75) is 46.0 Å². The van der Waals surface area contributed by atoms with Crippen molar-refractivity contribution in [2.75, 3.05) is 0 Å². The predicted octanol–water partition coefficient (Wildman–Crippen LogP) is 2.30. The third-order valence-corrected chi connectivity index (χ3v) is 2.80. The van der Waals surface area contributed by atoms with Crippen LogP contribution in [0.25, 0.3) is 0 Å². The van der Waals surface area contributed by atoms with Crippen LogP contribution in [0.15, 0.2) is 22.9 Å². The maximum atomic E-state index is 11.3. The molecule has 1 heterocycles. The van der Waals surface area contributed by atoms with E-state index in [-0.39, 0.29) is 5.97 Å². The summed E-state index contributed by atoms with van der Waals surface area (Å²) in [5, 5.41) is 0. The summed E-state index contributed by atoms with van der Waals surface area (Å²) in [5.41, 5.74) is 1.90. The normalized spacial score (nSPS) is 18.8. The van der Waals surface area contributed by atoms with Crippen LogP contribution in [-0.2, 0) is 9.53 Å². The average Bonchev–Trinajstić information content (AvgIpc) is 2.51. The first-order valence-electron chi connectivity index (χ1n) is 5.79. The molecule has 1 aliphatic heterocycles. The third kappa shape index (κ3) is 2.98. The summed E-state index contributed by atoms with van der Waals surface area (Å²) >= 11 is 0. The number of ether oxygens (including phenoxy) is 1. The number of rotatable bonds is 5. The van der Waals surface area contributed by atoms with E-state index in [1.165, 1.54) is 19.3 Å². The summed E-state index contributed by atoms with van der Waals surface area (Å²) in [7, 11) is 1.86. The Kier molecular flexibility index (Phi) is 4.66. The molecule has 0 fully saturated rings. The van der Waals surface area contributed by atoms with E-state index in [9.17, 15) is 4.79 Å². The van der Waals surface area contributed by atoms with Crippen molar-refractivity contribution in [3.05, 3.63) is 22.9 Å². The van der Waals surface area contributed by atoms with E-state index in [0.29, 0.717) is 0 Å². The molecule has 0 spiro atoms. The second kappa shape index (κ2) is 5.79. The van der Waals surface area contributed by atoms with E-state index in [1.807, 2.05) is 20.8 Å². The molecule has 0 saturated heterocycles. The molecule has 0 aromatic carbocycles. The van der Waals surface area contributed by atoms with Crippen LogP contribution in [0.3, 0.4) is 0 Å². The predicted molar refractivity (Wildman–Crippen MR) is 64.2 cm³/mol. The average molecular weight is 206 g/mol. The molecule has 1 rings (SSSR count). The minimum atomic E-state index is -0.173. The van der Waals surface area contributed by atoms with Gasteiger partial charge in [0, 0.05) is 5.47 Å². The van der Waals surface area contributed by atoms with E-state index in [1.54, 1.807) is 0 Å². The van der Waals surface area contributed by atoms with E-state index in [2.05, 4.69) is 6.92 Å². The van der Waals surface area contributed by atoms with Crippen LogP contribution in [0, 0.1) is 0 Å². The zero-order valence-corrected chi connectivity index (χ0v) is 9.93. The molecular weight excluding hydrogens is 187 g/mol. The first-order chi connectivity index (χ1) is 7.20. The molecule has 0 aromatic heterocycles. The van der Waals surface area contributed by atoms with Gasteiger partial charge in [0.2, 0.25) is 0 Å². The summed E-state index contributed by atoms with van der Waals surface area (Å²) < 4.78 is 5.14. The van der Waals surface area contributed by atoms with E-state index in [4.69, 9.17) is 4.74 Å². The number of cyclic esters (lactones) is 1. The lowest BCUT2D eigenvalue weighted by atomic mass is 9.88. The van der Waals surface area contributed by atoms with Crippen LogP contribution in [0.5, 0.6) is 0 Å². The monoisotopic (exact) mass is 206 g/mol. The number of unbranched alkanes of at least 4 members (excludes halogenated alkanes) is 3. The smallest absolute Gasteiger partial charge is 0.330 e. The maximum absolute atomic E-state index is 11.3. The lowest BCUT2D eigenvalue weighted by Gasteiger charge is -2.03. The summed E-state index contributed by atoms with van der Waals surface area (Å²) in [6.07, 6.45) is 7.74. The summed E-state index contributed by atoms with van der Waals surface area (Å²) in [6.45, 7) is 4.11. The van der Waals surface area contributed by atoms with Crippen molar-refractivity contribution in [2.24, 2.45) is 0 Å². The number of hydrogen-bond acceptors (Lipinski definition) is 2. The number of carbonyl (C=O) groups is 1. The topological polar surface area (TPSA) is 26.3 Å². The van der Waals surface area contributed by atoms with Crippen LogP contribution in [0.4, 0.5) is 0 Å². The minimum Gasteiger partial charge on any atom is -0.424 e. The van der Waals surface area contributed by atoms with E-state index >= 15 is 0 Å². The van der Waals surface area contributed by atoms with Gasteiger partial charge in [-0.3, -0.25) is 0 Å². The van der Waals surface area contributed by atoms with Gasteiger partial charge in [0.1, 0.15) is 13.6 Å². The third-order valence-electron chi connectivity index (χ3n) is 2.80. The first-order valence-corrected chi connectivity index (χ1v) is 5.79. The van der Waals surface area contributed by atoms with Crippen molar-refractivity contribution in [3.8, 4) is 0 Å². The molecule has 0 atom stereocenters. The zero-order valence-electron chi connectivity index (χ0n) is 9.93. The molecule has 0 unspecified atom stereocenters. The van der Waals surface area contributed by atoms with Crippen molar-refractivity contribution in [1.29, 1.82) is 0 Å². The second-order valence-corrected chi connectivity index (χ2v) is 3.96. The Morgan fingerprint density at radius 1 is 1.33 bits per heavy atom. The molecule has 0 aliphatic carbocycles. The lowest BCUT2D eigenvalue weighted by Crippen LogP contribution is -1.97. The standard InChI is InChI=1S/C12H19BO2/c1-3-5-6-7-8-9-10(4-2)15-12(14)11(9)13/h4H,3,5-8,13H2,1-2H3/b10-4-.